The van der Waals surface area contributed by atoms with E-state index in [-0.39, 0.29) is 17.6 Å². The van der Waals surface area contributed by atoms with Crippen molar-refractivity contribution in [3.63, 3.8) is 0 Å². The quantitative estimate of drug-likeness (QED) is 0.371. The fraction of sp³-hybridized carbons (Fsp3) is 0.385. The number of amides is 2. The molecule has 0 spiro atoms. The number of unbranched alkanes of at least 4 members (excludes halogenated alkanes) is 1. The summed E-state index contributed by atoms with van der Waals surface area (Å²) in [5.41, 5.74) is 1.96. The van der Waals surface area contributed by atoms with Crippen LogP contribution in [-0.2, 0) is 4.79 Å². The third-order valence-electron chi connectivity index (χ3n) is 6.51. The van der Waals surface area contributed by atoms with Gasteiger partial charge in [-0.1, -0.05) is 62.6 Å². The molecule has 2 aromatic carbocycles. The average Bonchev–Trinajstić information content (AvgIpc) is 3.09. The minimum atomic E-state index is -0.421. The summed E-state index contributed by atoms with van der Waals surface area (Å²) in [5, 5.41) is 11.1. The van der Waals surface area contributed by atoms with E-state index in [1.54, 1.807) is 30.3 Å². The van der Waals surface area contributed by atoms with Gasteiger partial charge >= 0.3 is 0 Å². The van der Waals surface area contributed by atoms with Crippen LogP contribution in [0.25, 0.3) is 5.57 Å². The predicted molar refractivity (Wildman–Crippen MR) is 119 cm³/mol. The fourth-order valence-electron chi connectivity index (χ4n) is 4.80. The summed E-state index contributed by atoms with van der Waals surface area (Å²) in [6.45, 7) is 2.22. The molecular formula is C26H29NO3. The number of carbonyl (C=O) groups excluding carboxylic acids is 2. The van der Waals surface area contributed by atoms with Crippen molar-refractivity contribution in [1.29, 1.82) is 0 Å². The number of rotatable bonds is 5. The summed E-state index contributed by atoms with van der Waals surface area (Å²) in [6, 6.07) is 16.1. The standard InChI is InChI=1S/C26H29NO3/c1-2-3-9-18-14-16-19(17-15-18)24(28)23-21-12-7-8-13-22(21)27(26(23)30)25(29)20-10-5-4-6-11-20/h4-8,10-13,18-19,28H,2-3,9,14-17H2,1H3. The SMILES string of the molecule is CCCCC1CCC(C(O)=C2C(=O)N(C(=O)c3ccccc3)c3ccccc32)CC1. The molecule has 2 aliphatic rings. The van der Waals surface area contributed by atoms with Crippen LogP contribution in [-0.4, -0.2) is 16.9 Å². The number of aliphatic hydroxyl groups is 1. The topological polar surface area (TPSA) is 57.6 Å². The Morgan fingerprint density at radius 1 is 1.00 bits per heavy atom. The van der Waals surface area contributed by atoms with Crippen molar-refractivity contribution in [2.75, 3.05) is 4.90 Å². The van der Waals surface area contributed by atoms with E-state index in [1.165, 1.54) is 24.2 Å². The van der Waals surface area contributed by atoms with Crippen LogP contribution in [0.4, 0.5) is 5.69 Å². The summed E-state index contributed by atoms with van der Waals surface area (Å²) in [4.78, 5) is 27.7. The highest BCUT2D eigenvalue weighted by Gasteiger charge is 2.40. The van der Waals surface area contributed by atoms with E-state index in [0.29, 0.717) is 22.4 Å². The number of imide groups is 1. The molecule has 1 saturated carbocycles. The van der Waals surface area contributed by atoms with Gasteiger partial charge in [0.05, 0.1) is 11.3 Å². The Labute approximate surface area is 178 Å². The van der Waals surface area contributed by atoms with Crippen molar-refractivity contribution < 1.29 is 14.7 Å². The van der Waals surface area contributed by atoms with Crippen molar-refractivity contribution in [2.45, 2.75) is 51.9 Å². The molecule has 1 aliphatic carbocycles. The number of fused-ring (bicyclic) bond motifs is 1. The Morgan fingerprint density at radius 3 is 2.37 bits per heavy atom. The van der Waals surface area contributed by atoms with E-state index in [4.69, 9.17) is 0 Å². The Bertz CT molecular complexity index is 955. The summed E-state index contributed by atoms with van der Waals surface area (Å²) in [6.07, 6.45) is 7.69. The van der Waals surface area contributed by atoms with Crippen LogP contribution in [0.15, 0.2) is 60.4 Å². The number of anilines is 1. The first-order valence-electron chi connectivity index (χ1n) is 11.1. The molecule has 156 valence electrons. The maximum atomic E-state index is 13.4. The molecule has 0 atom stereocenters. The number of allylic oxidation sites excluding steroid dienone is 1. The van der Waals surface area contributed by atoms with Crippen LogP contribution in [0.1, 0.15) is 67.8 Å². The second-order valence-corrected chi connectivity index (χ2v) is 8.45. The van der Waals surface area contributed by atoms with Gasteiger partial charge < -0.3 is 5.11 Å². The number of carbonyl (C=O) groups is 2. The highest BCUT2D eigenvalue weighted by Crippen LogP contribution is 2.43. The minimum absolute atomic E-state index is 0.0124. The molecule has 4 nitrogen and oxygen atoms in total. The Kier molecular flexibility index (Phi) is 6.03. The maximum absolute atomic E-state index is 13.4. The average molecular weight is 404 g/mol. The molecule has 4 heteroatoms. The third kappa shape index (κ3) is 3.79. The summed E-state index contributed by atoms with van der Waals surface area (Å²) >= 11 is 0. The Hall–Kier alpha value is -2.88. The smallest absolute Gasteiger partial charge is 0.269 e. The van der Waals surface area contributed by atoms with E-state index in [2.05, 4.69) is 6.92 Å². The number of benzene rings is 2. The van der Waals surface area contributed by atoms with Gasteiger partial charge in [0.25, 0.3) is 11.8 Å². The molecule has 0 unspecified atom stereocenters. The lowest BCUT2D eigenvalue weighted by molar-refractivity contribution is -0.112. The minimum Gasteiger partial charge on any atom is -0.511 e. The van der Waals surface area contributed by atoms with Gasteiger partial charge in [-0.15, -0.1) is 0 Å². The van der Waals surface area contributed by atoms with Gasteiger partial charge in [0.2, 0.25) is 0 Å². The van der Waals surface area contributed by atoms with Crippen molar-refractivity contribution >= 4 is 23.1 Å². The molecule has 2 amide bonds. The summed E-state index contributed by atoms with van der Waals surface area (Å²) in [5.74, 6) is 0.0860. The fourth-order valence-corrected chi connectivity index (χ4v) is 4.80. The predicted octanol–water partition coefficient (Wildman–Crippen LogP) is 6.14. The number of hydrogen-bond acceptors (Lipinski definition) is 3. The van der Waals surface area contributed by atoms with Crippen LogP contribution in [0.5, 0.6) is 0 Å². The van der Waals surface area contributed by atoms with Gasteiger partial charge in [0.1, 0.15) is 5.76 Å². The molecule has 0 bridgehead atoms. The maximum Gasteiger partial charge on any atom is 0.269 e. The van der Waals surface area contributed by atoms with Crippen molar-refractivity contribution in [1.82, 2.24) is 0 Å². The largest absolute Gasteiger partial charge is 0.511 e. The van der Waals surface area contributed by atoms with Gasteiger partial charge in [0, 0.05) is 17.0 Å². The Balaban J connectivity index is 1.63. The van der Waals surface area contributed by atoms with Crippen LogP contribution < -0.4 is 4.90 Å². The Morgan fingerprint density at radius 2 is 1.67 bits per heavy atom. The number of aliphatic hydroxyl groups excluding tert-OH is 1. The molecule has 0 aromatic heterocycles. The number of nitrogens with zero attached hydrogens (tertiary/aromatic N) is 1. The van der Waals surface area contributed by atoms with Gasteiger partial charge in [-0.05, 0) is 49.8 Å². The zero-order valence-electron chi connectivity index (χ0n) is 17.5. The van der Waals surface area contributed by atoms with Crippen LogP contribution in [0.3, 0.4) is 0 Å². The van der Waals surface area contributed by atoms with Crippen LogP contribution >= 0.6 is 0 Å². The van der Waals surface area contributed by atoms with Gasteiger partial charge in [-0.2, -0.15) is 0 Å². The van der Waals surface area contributed by atoms with Crippen LogP contribution in [0, 0.1) is 11.8 Å². The molecule has 0 saturated heterocycles. The first-order chi connectivity index (χ1) is 14.6. The molecule has 2 aromatic rings. The molecule has 0 radical (unpaired) electrons. The van der Waals surface area contributed by atoms with E-state index in [0.717, 1.165) is 31.6 Å². The molecule has 1 N–H and O–H groups in total. The normalized spacial score (nSPS) is 22.7. The monoisotopic (exact) mass is 403 g/mol. The molecular weight excluding hydrogens is 374 g/mol. The van der Waals surface area contributed by atoms with Crippen molar-refractivity contribution in [3.05, 3.63) is 71.5 Å². The zero-order valence-corrected chi connectivity index (χ0v) is 17.5. The second-order valence-electron chi connectivity index (χ2n) is 8.45. The number of para-hydroxylation sites is 1. The summed E-state index contributed by atoms with van der Waals surface area (Å²) in [7, 11) is 0. The lowest BCUT2D eigenvalue weighted by atomic mass is 9.78. The van der Waals surface area contributed by atoms with Gasteiger partial charge in [-0.25, -0.2) is 4.90 Å². The first kappa shape index (κ1) is 20.4. The van der Waals surface area contributed by atoms with E-state index >= 15 is 0 Å². The molecule has 1 heterocycles. The lowest BCUT2D eigenvalue weighted by Crippen LogP contribution is -2.34. The zero-order chi connectivity index (χ0) is 21.1. The van der Waals surface area contributed by atoms with E-state index in [9.17, 15) is 14.7 Å². The lowest BCUT2D eigenvalue weighted by Gasteiger charge is -2.28. The molecule has 4 rings (SSSR count). The van der Waals surface area contributed by atoms with E-state index in [1.807, 2.05) is 24.3 Å². The molecule has 30 heavy (non-hydrogen) atoms. The number of hydrogen-bond donors (Lipinski definition) is 1. The highest BCUT2D eigenvalue weighted by atomic mass is 16.3. The second kappa shape index (κ2) is 8.86. The third-order valence-corrected chi connectivity index (χ3v) is 6.51. The first-order valence-corrected chi connectivity index (χ1v) is 11.1. The molecule has 1 aliphatic heterocycles. The van der Waals surface area contributed by atoms with Crippen molar-refractivity contribution in [2.24, 2.45) is 11.8 Å². The van der Waals surface area contributed by atoms with Gasteiger partial charge in [-0.3, -0.25) is 9.59 Å². The van der Waals surface area contributed by atoms with Crippen LogP contribution in [0.2, 0.25) is 0 Å². The van der Waals surface area contributed by atoms with Gasteiger partial charge in [0.15, 0.2) is 0 Å². The van der Waals surface area contributed by atoms with E-state index < -0.39 is 5.91 Å². The summed E-state index contributed by atoms with van der Waals surface area (Å²) < 4.78 is 0. The van der Waals surface area contributed by atoms with Crippen molar-refractivity contribution in [3.8, 4) is 0 Å². The molecule has 1 fully saturated rings. The highest BCUT2D eigenvalue weighted by molar-refractivity contribution is 6.41.